The molecule has 2 aromatic rings. The van der Waals surface area contributed by atoms with Gasteiger partial charge in [0, 0.05) is 13.0 Å². The predicted octanol–water partition coefficient (Wildman–Crippen LogP) is 4.19. The number of carbonyl (C=O) groups excluding carboxylic acids is 4. The number of aryl methyl sites for hydroxylation is 1. The van der Waals surface area contributed by atoms with Crippen molar-refractivity contribution in [1.82, 2.24) is 15.5 Å². The summed E-state index contributed by atoms with van der Waals surface area (Å²) in [6.45, 7) is 8.92. The van der Waals surface area contributed by atoms with Gasteiger partial charge in [0.05, 0.1) is 7.11 Å². The minimum Gasteiger partial charge on any atom is -0.508 e. The van der Waals surface area contributed by atoms with E-state index >= 15 is 0 Å². The number of alkyl carbamates (subject to hydrolysis) is 1. The van der Waals surface area contributed by atoms with Gasteiger partial charge >= 0.3 is 12.1 Å². The van der Waals surface area contributed by atoms with Crippen molar-refractivity contribution in [3.63, 3.8) is 0 Å². The summed E-state index contributed by atoms with van der Waals surface area (Å²) in [5.74, 6) is -1.58. The molecular weight excluding hydrogens is 526 g/mol. The molecule has 2 atom stereocenters. The number of ether oxygens (including phenoxy) is 2. The Morgan fingerprint density at radius 1 is 1.00 bits per heavy atom. The summed E-state index contributed by atoms with van der Waals surface area (Å²) < 4.78 is 10.1. The maximum Gasteiger partial charge on any atom is 0.408 e. The third kappa shape index (κ3) is 10.8. The number of phenolic OH excluding ortho intramolecular Hbond substituents is 1. The molecule has 2 unspecified atom stereocenters. The monoisotopic (exact) mass is 569 g/mol. The van der Waals surface area contributed by atoms with Crippen molar-refractivity contribution in [1.29, 1.82) is 0 Å². The summed E-state index contributed by atoms with van der Waals surface area (Å²) in [7, 11) is 1.23. The Morgan fingerprint density at radius 2 is 1.66 bits per heavy atom. The van der Waals surface area contributed by atoms with Crippen LogP contribution in [0.4, 0.5) is 4.79 Å². The molecule has 224 valence electrons. The van der Waals surface area contributed by atoms with E-state index in [1.54, 1.807) is 45.0 Å². The number of esters is 1. The minimum absolute atomic E-state index is 0.0693. The summed E-state index contributed by atoms with van der Waals surface area (Å²) >= 11 is 0. The van der Waals surface area contributed by atoms with E-state index in [1.165, 1.54) is 24.1 Å². The van der Waals surface area contributed by atoms with Crippen LogP contribution in [0.25, 0.3) is 0 Å². The number of rotatable bonds is 13. The van der Waals surface area contributed by atoms with Crippen LogP contribution in [0, 0.1) is 6.92 Å². The first-order valence-electron chi connectivity index (χ1n) is 13.8. The molecule has 10 nitrogen and oxygen atoms in total. The smallest absolute Gasteiger partial charge is 0.408 e. The van der Waals surface area contributed by atoms with Gasteiger partial charge in [0.1, 0.15) is 30.0 Å². The van der Waals surface area contributed by atoms with Crippen LogP contribution in [0.3, 0.4) is 0 Å². The van der Waals surface area contributed by atoms with Crippen molar-refractivity contribution in [3.05, 3.63) is 65.2 Å². The number of methoxy groups -OCH3 is 1. The number of hydrogen-bond acceptors (Lipinski definition) is 7. The maximum atomic E-state index is 14.4. The molecule has 0 aliphatic heterocycles. The van der Waals surface area contributed by atoms with Crippen LogP contribution in [0.2, 0.25) is 0 Å². The molecule has 0 spiro atoms. The average Bonchev–Trinajstić information content (AvgIpc) is 2.91. The molecule has 41 heavy (non-hydrogen) atoms. The Hall–Kier alpha value is -4.08. The summed E-state index contributed by atoms with van der Waals surface area (Å²) in [5.41, 5.74) is 1.27. The summed E-state index contributed by atoms with van der Waals surface area (Å²) in [4.78, 5) is 54.2. The molecule has 2 aromatic carbocycles. The molecule has 2 rings (SSSR count). The number of hydrogen-bond donors (Lipinski definition) is 3. The highest BCUT2D eigenvalue weighted by Crippen LogP contribution is 2.27. The number of nitrogens with one attached hydrogen (secondary N) is 2. The highest BCUT2D eigenvalue weighted by Gasteiger charge is 2.37. The number of carbonyl (C=O) groups is 4. The lowest BCUT2D eigenvalue weighted by molar-refractivity contribution is -0.144. The molecule has 0 radical (unpaired) electrons. The second-order valence-corrected chi connectivity index (χ2v) is 10.9. The molecule has 3 N–H and O–H groups in total. The fourth-order valence-electron chi connectivity index (χ4n) is 4.29. The fraction of sp³-hybridized carbons (Fsp3) is 0.484. The average molecular weight is 570 g/mol. The van der Waals surface area contributed by atoms with Crippen molar-refractivity contribution in [2.45, 2.75) is 78.0 Å². The Balaban J connectivity index is 2.57. The number of amides is 3. The third-order valence-electron chi connectivity index (χ3n) is 6.33. The van der Waals surface area contributed by atoms with Gasteiger partial charge in [-0.2, -0.15) is 0 Å². The van der Waals surface area contributed by atoms with Gasteiger partial charge in [0.2, 0.25) is 11.8 Å². The maximum absolute atomic E-state index is 14.4. The van der Waals surface area contributed by atoms with Gasteiger partial charge in [0.15, 0.2) is 0 Å². The number of nitrogens with zero attached hydrogens (tertiary/aromatic N) is 1. The molecule has 0 saturated heterocycles. The first kappa shape index (κ1) is 33.1. The molecule has 3 amide bonds. The van der Waals surface area contributed by atoms with Crippen molar-refractivity contribution in [2.24, 2.45) is 0 Å². The van der Waals surface area contributed by atoms with E-state index in [-0.39, 0.29) is 25.3 Å². The van der Waals surface area contributed by atoms with E-state index < -0.39 is 41.6 Å². The van der Waals surface area contributed by atoms with Gasteiger partial charge in [-0.1, -0.05) is 56.2 Å². The van der Waals surface area contributed by atoms with Crippen LogP contribution in [0.1, 0.15) is 69.7 Å². The number of aromatic hydroxyl groups is 1. The topological polar surface area (TPSA) is 134 Å². The van der Waals surface area contributed by atoms with E-state index in [2.05, 4.69) is 15.4 Å². The van der Waals surface area contributed by atoms with Crippen LogP contribution in [-0.2, 0) is 30.3 Å². The van der Waals surface area contributed by atoms with E-state index in [9.17, 15) is 24.3 Å². The van der Waals surface area contributed by atoms with E-state index in [4.69, 9.17) is 4.74 Å². The SMILES string of the molecule is CCCCCN(C(=O)C(Cc1ccc(O)cc1)NC(=O)OC(C)(C)C)C(C(=O)NCC(=O)OC)c1ccccc1C. The highest BCUT2D eigenvalue weighted by molar-refractivity contribution is 5.93. The quantitative estimate of drug-likeness (QED) is 0.243. The second-order valence-electron chi connectivity index (χ2n) is 10.9. The van der Waals surface area contributed by atoms with E-state index in [1.807, 2.05) is 26.0 Å². The highest BCUT2D eigenvalue weighted by atomic mass is 16.6. The summed E-state index contributed by atoms with van der Waals surface area (Å²) in [6.07, 6.45) is 1.64. The Labute approximate surface area is 242 Å². The normalized spacial score (nSPS) is 12.5. The van der Waals surface area contributed by atoms with Gasteiger partial charge in [-0.25, -0.2) is 4.79 Å². The Morgan fingerprint density at radius 3 is 2.24 bits per heavy atom. The molecule has 10 heteroatoms. The number of phenols is 1. The first-order valence-corrected chi connectivity index (χ1v) is 13.8. The minimum atomic E-state index is -1.09. The predicted molar refractivity (Wildman–Crippen MR) is 155 cm³/mol. The Bertz CT molecular complexity index is 1170. The van der Waals surface area contributed by atoms with Crippen molar-refractivity contribution in [3.8, 4) is 5.75 Å². The molecule has 0 aliphatic carbocycles. The van der Waals surface area contributed by atoms with Crippen LogP contribution in [0.15, 0.2) is 48.5 Å². The Kier molecular flexibility index (Phi) is 12.6. The molecule has 0 aliphatic rings. The molecule has 0 heterocycles. The zero-order valence-corrected chi connectivity index (χ0v) is 24.9. The molecule has 0 bridgehead atoms. The standard InChI is InChI=1S/C31H43N3O7/c1-7-8-11-18-34(27(24-13-10-9-12-21(24)2)28(37)32-20-26(36)40-6)29(38)25(33-30(39)41-31(3,4)5)19-22-14-16-23(35)17-15-22/h9-10,12-17,25,27,35H,7-8,11,18-20H2,1-6H3,(H,32,37)(H,33,39). The lowest BCUT2D eigenvalue weighted by Crippen LogP contribution is -2.54. The van der Waals surface area contributed by atoms with Gasteiger partial charge in [-0.15, -0.1) is 0 Å². The van der Waals surface area contributed by atoms with Crippen molar-refractivity contribution < 1.29 is 33.8 Å². The summed E-state index contributed by atoms with van der Waals surface area (Å²) in [5, 5.41) is 15.0. The van der Waals surface area contributed by atoms with E-state index in [0.29, 0.717) is 17.5 Å². The zero-order chi connectivity index (χ0) is 30.6. The fourth-order valence-corrected chi connectivity index (χ4v) is 4.29. The van der Waals surface area contributed by atoms with Gasteiger partial charge in [-0.3, -0.25) is 14.4 Å². The van der Waals surface area contributed by atoms with E-state index in [0.717, 1.165) is 18.4 Å². The third-order valence-corrected chi connectivity index (χ3v) is 6.33. The molecule has 0 fully saturated rings. The van der Waals surface area contributed by atoms with Gasteiger partial charge in [0.25, 0.3) is 0 Å². The lowest BCUT2D eigenvalue weighted by atomic mass is 9.96. The molecule has 0 saturated carbocycles. The van der Waals surface area contributed by atoms with Gasteiger partial charge < -0.3 is 30.1 Å². The lowest BCUT2D eigenvalue weighted by Gasteiger charge is -2.35. The van der Waals surface area contributed by atoms with Crippen molar-refractivity contribution >= 4 is 23.9 Å². The second kappa shape index (κ2) is 15.6. The van der Waals surface area contributed by atoms with Crippen LogP contribution >= 0.6 is 0 Å². The van der Waals surface area contributed by atoms with Crippen LogP contribution < -0.4 is 10.6 Å². The molecule has 0 aromatic heterocycles. The van der Waals surface area contributed by atoms with Gasteiger partial charge in [-0.05, 0) is 62.9 Å². The number of benzene rings is 2. The zero-order valence-electron chi connectivity index (χ0n) is 24.9. The largest absolute Gasteiger partial charge is 0.508 e. The molecular formula is C31H43N3O7. The van der Waals surface area contributed by atoms with Crippen LogP contribution in [-0.4, -0.2) is 65.7 Å². The number of unbranched alkanes of at least 4 members (excludes halogenated alkanes) is 2. The summed E-state index contributed by atoms with van der Waals surface area (Å²) in [6, 6.07) is 11.4. The van der Waals surface area contributed by atoms with Crippen LogP contribution in [0.5, 0.6) is 5.75 Å². The first-order chi connectivity index (χ1) is 19.4. The van der Waals surface area contributed by atoms with Crippen molar-refractivity contribution in [2.75, 3.05) is 20.2 Å².